The molecule has 4 nitrogen and oxygen atoms in total. The number of nitrogens with zero attached hydrogens (tertiary/aromatic N) is 1. The minimum absolute atomic E-state index is 0.101. The number of imidazole rings is 1. The van der Waals surface area contributed by atoms with E-state index in [2.05, 4.69) is 15.3 Å². The minimum atomic E-state index is -0.101. The predicted octanol–water partition coefficient (Wildman–Crippen LogP) is 3.95. The number of para-hydroxylation sites is 1. The van der Waals surface area contributed by atoms with Crippen LogP contribution in [-0.4, -0.2) is 15.9 Å². The van der Waals surface area contributed by atoms with E-state index >= 15 is 0 Å². The number of benzene rings is 2. The van der Waals surface area contributed by atoms with Gasteiger partial charge in [0.05, 0.1) is 0 Å². The van der Waals surface area contributed by atoms with Crippen molar-refractivity contribution in [3.05, 3.63) is 78.1 Å². The molecule has 22 heavy (non-hydrogen) atoms. The molecule has 3 aromatic rings. The zero-order valence-corrected chi connectivity index (χ0v) is 12.6. The molecule has 0 radical (unpaired) electrons. The van der Waals surface area contributed by atoms with Crippen LogP contribution in [0.4, 0.5) is 5.69 Å². The average Bonchev–Trinajstić information content (AvgIpc) is 3.08. The summed E-state index contributed by atoms with van der Waals surface area (Å²) in [6.07, 6.45) is 3.54. The molecule has 1 heterocycles. The maximum atomic E-state index is 12.1. The third-order valence-corrected chi connectivity index (χ3v) is 4.07. The van der Waals surface area contributed by atoms with E-state index in [4.69, 9.17) is 0 Å². The number of carbonyl (C=O) groups excluding carboxylic acids is 1. The van der Waals surface area contributed by atoms with Gasteiger partial charge in [0.25, 0.3) is 5.91 Å². The van der Waals surface area contributed by atoms with Gasteiger partial charge in [-0.2, -0.15) is 0 Å². The fourth-order valence-electron chi connectivity index (χ4n) is 1.96. The maximum Gasteiger partial charge on any atom is 0.255 e. The molecule has 0 aliphatic heterocycles. The van der Waals surface area contributed by atoms with Crippen molar-refractivity contribution in [3.63, 3.8) is 0 Å². The van der Waals surface area contributed by atoms with Gasteiger partial charge >= 0.3 is 0 Å². The summed E-state index contributed by atoms with van der Waals surface area (Å²) in [5.41, 5.74) is 2.60. The highest BCUT2D eigenvalue weighted by Gasteiger charge is 2.06. The van der Waals surface area contributed by atoms with Gasteiger partial charge in [-0.15, -0.1) is 0 Å². The van der Waals surface area contributed by atoms with Gasteiger partial charge in [0, 0.05) is 29.4 Å². The van der Waals surface area contributed by atoms with Crippen LogP contribution in [0.25, 0.3) is 0 Å². The Labute approximate surface area is 133 Å². The summed E-state index contributed by atoms with van der Waals surface area (Å²) < 4.78 is 0. The van der Waals surface area contributed by atoms with E-state index in [1.807, 2.05) is 54.6 Å². The monoisotopic (exact) mass is 309 g/mol. The summed E-state index contributed by atoms with van der Waals surface area (Å²) in [6.45, 7) is 0. The van der Waals surface area contributed by atoms with Crippen molar-refractivity contribution in [1.29, 1.82) is 0 Å². The van der Waals surface area contributed by atoms with Crippen LogP contribution in [0.1, 0.15) is 15.9 Å². The molecule has 1 aromatic heterocycles. The van der Waals surface area contributed by atoms with Crippen molar-refractivity contribution in [2.24, 2.45) is 0 Å². The Balaban J connectivity index is 1.60. The third kappa shape index (κ3) is 3.77. The lowest BCUT2D eigenvalue weighted by atomic mass is 10.1. The van der Waals surface area contributed by atoms with Crippen LogP contribution in [0.5, 0.6) is 0 Å². The summed E-state index contributed by atoms with van der Waals surface area (Å²) in [5.74, 6) is 0.713. The second-order valence-electron chi connectivity index (χ2n) is 4.70. The quantitative estimate of drug-likeness (QED) is 0.702. The molecule has 0 bridgehead atoms. The number of anilines is 1. The van der Waals surface area contributed by atoms with E-state index in [9.17, 15) is 4.79 Å². The Bertz CT molecular complexity index is 724. The third-order valence-electron chi connectivity index (χ3n) is 3.10. The second-order valence-corrected chi connectivity index (χ2v) is 5.66. The Hall–Kier alpha value is -2.53. The van der Waals surface area contributed by atoms with Gasteiger partial charge in [-0.05, 0) is 29.8 Å². The van der Waals surface area contributed by atoms with Crippen LogP contribution in [-0.2, 0) is 5.75 Å². The first kappa shape index (κ1) is 14.4. The highest BCUT2D eigenvalue weighted by molar-refractivity contribution is 7.98. The molecule has 2 N–H and O–H groups in total. The largest absolute Gasteiger partial charge is 0.340 e. The standard InChI is InChI=1S/C17H15N3OS/c21-16(20-15-4-2-1-3-5-15)14-8-6-13(7-9-14)12-22-17-18-10-11-19-17/h1-11H,12H2,(H,18,19)(H,20,21). The number of rotatable bonds is 5. The topological polar surface area (TPSA) is 57.8 Å². The van der Waals surface area contributed by atoms with Crippen LogP contribution in [0, 0.1) is 0 Å². The summed E-state index contributed by atoms with van der Waals surface area (Å²) in [4.78, 5) is 19.4. The summed E-state index contributed by atoms with van der Waals surface area (Å²) in [6, 6.07) is 17.1. The Morgan fingerprint density at radius 2 is 1.86 bits per heavy atom. The lowest BCUT2D eigenvalue weighted by Crippen LogP contribution is -2.11. The molecular weight excluding hydrogens is 294 g/mol. The number of carbonyl (C=O) groups is 1. The molecule has 0 saturated carbocycles. The number of hydrogen-bond donors (Lipinski definition) is 2. The zero-order valence-electron chi connectivity index (χ0n) is 11.8. The predicted molar refractivity (Wildman–Crippen MR) is 89.0 cm³/mol. The van der Waals surface area contributed by atoms with E-state index < -0.39 is 0 Å². The van der Waals surface area contributed by atoms with E-state index in [-0.39, 0.29) is 5.91 Å². The second kappa shape index (κ2) is 6.95. The summed E-state index contributed by atoms with van der Waals surface area (Å²) >= 11 is 1.63. The number of H-pyrrole nitrogens is 1. The highest BCUT2D eigenvalue weighted by Crippen LogP contribution is 2.19. The highest BCUT2D eigenvalue weighted by atomic mass is 32.2. The molecule has 0 spiro atoms. The summed E-state index contributed by atoms with van der Waals surface area (Å²) in [5, 5.41) is 3.77. The van der Waals surface area contributed by atoms with Crippen molar-refractivity contribution in [2.45, 2.75) is 10.9 Å². The first-order valence-corrected chi connectivity index (χ1v) is 7.87. The number of hydrogen-bond acceptors (Lipinski definition) is 3. The SMILES string of the molecule is O=C(Nc1ccccc1)c1ccc(CSc2ncc[nH]2)cc1. The van der Waals surface area contributed by atoms with Gasteiger partial charge in [-0.1, -0.05) is 42.1 Å². The van der Waals surface area contributed by atoms with Gasteiger partial charge in [-0.3, -0.25) is 4.79 Å². The van der Waals surface area contributed by atoms with Gasteiger partial charge in [0.2, 0.25) is 0 Å². The van der Waals surface area contributed by atoms with E-state index in [0.717, 1.165) is 22.2 Å². The summed E-state index contributed by atoms with van der Waals surface area (Å²) in [7, 11) is 0. The molecule has 0 saturated heterocycles. The Morgan fingerprint density at radius 3 is 2.55 bits per heavy atom. The number of amides is 1. The molecule has 0 fully saturated rings. The van der Waals surface area contributed by atoms with Crippen molar-refractivity contribution >= 4 is 23.4 Å². The maximum absolute atomic E-state index is 12.1. The minimum Gasteiger partial charge on any atom is -0.340 e. The first-order chi connectivity index (χ1) is 10.8. The molecule has 0 atom stereocenters. The molecule has 2 aromatic carbocycles. The van der Waals surface area contributed by atoms with Crippen molar-refractivity contribution in [3.8, 4) is 0 Å². The van der Waals surface area contributed by atoms with Crippen molar-refractivity contribution < 1.29 is 4.79 Å². The molecular formula is C17H15N3OS. The van der Waals surface area contributed by atoms with Crippen LogP contribution in [0.3, 0.4) is 0 Å². The molecule has 1 amide bonds. The molecule has 5 heteroatoms. The van der Waals surface area contributed by atoms with E-state index in [0.29, 0.717) is 5.56 Å². The molecule has 110 valence electrons. The molecule has 0 aliphatic carbocycles. The van der Waals surface area contributed by atoms with Gasteiger partial charge in [0.15, 0.2) is 5.16 Å². The number of aromatic nitrogens is 2. The fraction of sp³-hybridized carbons (Fsp3) is 0.0588. The molecule has 0 aliphatic rings. The number of nitrogens with one attached hydrogen (secondary N) is 2. The Morgan fingerprint density at radius 1 is 1.09 bits per heavy atom. The van der Waals surface area contributed by atoms with E-state index in [1.165, 1.54) is 0 Å². The Kier molecular flexibility index (Phi) is 4.56. The van der Waals surface area contributed by atoms with Crippen LogP contribution < -0.4 is 5.32 Å². The zero-order chi connectivity index (χ0) is 15.2. The average molecular weight is 309 g/mol. The molecule has 0 unspecified atom stereocenters. The van der Waals surface area contributed by atoms with Crippen LogP contribution in [0.15, 0.2) is 72.1 Å². The van der Waals surface area contributed by atoms with Gasteiger partial charge in [-0.25, -0.2) is 4.98 Å². The fourth-order valence-corrected chi connectivity index (χ4v) is 2.74. The van der Waals surface area contributed by atoms with E-state index in [1.54, 1.807) is 24.2 Å². The molecule has 3 rings (SSSR count). The van der Waals surface area contributed by atoms with Crippen molar-refractivity contribution in [2.75, 3.05) is 5.32 Å². The first-order valence-electron chi connectivity index (χ1n) is 6.89. The normalized spacial score (nSPS) is 10.4. The lowest BCUT2D eigenvalue weighted by molar-refractivity contribution is 0.102. The van der Waals surface area contributed by atoms with Crippen molar-refractivity contribution in [1.82, 2.24) is 9.97 Å². The number of aromatic amines is 1. The number of thioether (sulfide) groups is 1. The lowest BCUT2D eigenvalue weighted by Gasteiger charge is -2.06. The smallest absolute Gasteiger partial charge is 0.255 e. The van der Waals surface area contributed by atoms with Crippen LogP contribution >= 0.6 is 11.8 Å². The van der Waals surface area contributed by atoms with Gasteiger partial charge < -0.3 is 10.3 Å². The van der Waals surface area contributed by atoms with Crippen LogP contribution in [0.2, 0.25) is 0 Å². The van der Waals surface area contributed by atoms with Gasteiger partial charge in [0.1, 0.15) is 0 Å².